The average molecular weight is 301 g/mol. The van der Waals surface area contributed by atoms with Gasteiger partial charge in [0, 0.05) is 18.6 Å². The first-order valence-corrected chi connectivity index (χ1v) is 7.16. The van der Waals surface area contributed by atoms with Gasteiger partial charge in [0.2, 0.25) is 0 Å². The number of ether oxygens (including phenoxy) is 2. The second kappa shape index (κ2) is 6.51. The van der Waals surface area contributed by atoms with Crippen LogP contribution in [0.3, 0.4) is 0 Å². The number of amides is 2. The second-order valence-electron chi connectivity index (χ2n) is 7.15. The van der Waals surface area contributed by atoms with Crippen LogP contribution in [0.25, 0.3) is 0 Å². The molecule has 0 spiro atoms. The van der Waals surface area contributed by atoms with Crippen molar-refractivity contribution in [3.63, 3.8) is 0 Å². The van der Waals surface area contributed by atoms with Crippen LogP contribution >= 0.6 is 0 Å². The molecule has 2 N–H and O–H groups in total. The van der Waals surface area contributed by atoms with E-state index in [-0.39, 0.29) is 12.1 Å². The Morgan fingerprint density at radius 3 is 2.33 bits per heavy atom. The van der Waals surface area contributed by atoms with Crippen LogP contribution in [0.15, 0.2) is 0 Å². The molecule has 0 bridgehead atoms. The van der Waals surface area contributed by atoms with Crippen LogP contribution in [0.2, 0.25) is 0 Å². The molecule has 122 valence electrons. The quantitative estimate of drug-likeness (QED) is 0.770. The number of alkyl carbamates (subject to hydrolysis) is 1. The van der Waals surface area contributed by atoms with Crippen LogP contribution in [0.4, 0.5) is 9.59 Å². The molecule has 7 nitrogen and oxygen atoms in total. The first kappa shape index (κ1) is 17.6. The first-order valence-electron chi connectivity index (χ1n) is 7.16. The van der Waals surface area contributed by atoms with Crippen molar-refractivity contribution < 1.29 is 19.1 Å². The van der Waals surface area contributed by atoms with E-state index in [0.29, 0.717) is 13.1 Å². The Balaban J connectivity index is 2.49. The van der Waals surface area contributed by atoms with E-state index in [9.17, 15) is 9.59 Å². The van der Waals surface area contributed by atoms with E-state index in [4.69, 9.17) is 9.47 Å². The van der Waals surface area contributed by atoms with E-state index >= 15 is 0 Å². The highest BCUT2D eigenvalue weighted by Gasteiger charge is 2.29. The van der Waals surface area contributed by atoms with Crippen molar-refractivity contribution in [3.8, 4) is 0 Å². The Bertz CT molecular complexity index is 385. The Morgan fingerprint density at radius 1 is 1.19 bits per heavy atom. The monoisotopic (exact) mass is 301 g/mol. The fourth-order valence-electron chi connectivity index (χ4n) is 1.75. The topological polar surface area (TPSA) is 79.9 Å². The van der Waals surface area contributed by atoms with Crippen molar-refractivity contribution in [2.45, 2.75) is 58.9 Å². The molecule has 0 aromatic rings. The van der Waals surface area contributed by atoms with Crippen LogP contribution in [-0.2, 0) is 9.47 Å². The number of carbonyl (C=O) groups excluding carboxylic acids is 2. The Kier molecular flexibility index (Phi) is 5.44. The number of rotatable bonds is 1. The standard InChI is InChI=1S/C14H27N3O4/c1-13(2,3)16-11(18)20-10-9-17(8-7-15-10)12(19)21-14(4,5)6/h10,15H,7-9H2,1-6H3,(H,16,18)/t10-/m0/s1. The molecule has 21 heavy (non-hydrogen) atoms. The van der Waals surface area contributed by atoms with E-state index in [2.05, 4.69) is 10.6 Å². The van der Waals surface area contributed by atoms with Gasteiger partial charge in [-0.2, -0.15) is 0 Å². The van der Waals surface area contributed by atoms with Gasteiger partial charge < -0.3 is 19.7 Å². The maximum atomic E-state index is 12.0. The smallest absolute Gasteiger partial charge is 0.410 e. The van der Waals surface area contributed by atoms with Crippen molar-refractivity contribution in [1.82, 2.24) is 15.5 Å². The minimum Gasteiger partial charge on any atom is -0.444 e. The van der Waals surface area contributed by atoms with Crippen LogP contribution in [0.1, 0.15) is 41.5 Å². The summed E-state index contributed by atoms with van der Waals surface area (Å²) in [7, 11) is 0. The van der Waals surface area contributed by atoms with Crippen LogP contribution < -0.4 is 10.6 Å². The highest BCUT2D eigenvalue weighted by atomic mass is 16.6. The van der Waals surface area contributed by atoms with Crippen LogP contribution in [0.5, 0.6) is 0 Å². The van der Waals surface area contributed by atoms with Crippen LogP contribution in [-0.4, -0.2) is 54.1 Å². The summed E-state index contributed by atoms with van der Waals surface area (Å²) in [5, 5.41) is 5.76. The number of nitrogens with zero attached hydrogens (tertiary/aromatic N) is 1. The third-order valence-corrected chi connectivity index (χ3v) is 2.52. The lowest BCUT2D eigenvalue weighted by molar-refractivity contribution is -0.00689. The van der Waals surface area contributed by atoms with Gasteiger partial charge in [-0.1, -0.05) is 0 Å². The highest BCUT2D eigenvalue weighted by molar-refractivity contribution is 5.69. The Hall–Kier alpha value is -1.50. The molecule has 2 amide bonds. The largest absolute Gasteiger partial charge is 0.444 e. The minimum atomic E-state index is -0.540. The van der Waals surface area contributed by atoms with Gasteiger partial charge in [-0.15, -0.1) is 0 Å². The normalized spacial score (nSPS) is 19.9. The van der Waals surface area contributed by atoms with Crippen LogP contribution in [0, 0.1) is 0 Å². The van der Waals surface area contributed by atoms with Crippen molar-refractivity contribution in [1.29, 1.82) is 0 Å². The molecule has 0 aromatic heterocycles. The number of piperazine rings is 1. The molecule has 1 aliphatic rings. The lowest BCUT2D eigenvalue weighted by Gasteiger charge is -2.34. The van der Waals surface area contributed by atoms with Gasteiger partial charge in [-0.25, -0.2) is 9.59 Å². The van der Waals surface area contributed by atoms with Crippen molar-refractivity contribution in [3.05, 3.63) is 0 Å². The molecule has 1 heterocycles. The third-order valence-electron chi connectivity index (χ3n) is 2.52. The van der Waals surface area contributed by atoms with Gasteiger partial charge >= 0.3 is 12.2 Å². The van der Waals surface area contributed by atoms with Gasteiger partial charge in [0.1, 0.15) is 5.60 Å². The summed E-state index contributed by atoms with van der Waals surface area (Å²) in [6.45, 7) is 12.4. The van der Waals surface area contributed by atoms with E-state index in [1.807, 2.05) is 41.5 Å². The lowest BCUT2D eigenvalue weighted by Crippen LogP contribution is -2.56. The number of hydrogen-bond donors (Lipinski definition) is 2. The van der Waals surface area contributed by atoms with E-state index in [0.717, 1.165) is 0 Å². The Morgan fingerprint density at radius 2 is 1.81 bits per heavy atom. The molecule has 7 heteroatoms. The van der Waals surface area contributed by atoms with Gasteiger partial charge in [0.05, 0.1) is 6.54 Å². The zero-order valence-electron chi connectivity index (χ0n) is 13.8. The molecule has 0 aromatic carbocycles. The van der Waals surface area contributed by atoms with Gasteiger partial charge in [0.15, 0.2) is 6.23 Å². The summed E-state index contributed by atoms with van der Waals surface area (Å²) in [6.07, 6.45) is -1.44. The van der Waals surface area contributed by atoms with Gasteiger partial charge in [0.25, 0.3) is 0 Å². The fourth-order valence-corrected chi connectivity index (χ4v) is 1.75. The molecule has 1 saturated heterocycles. The summed E-state index contributed by atoms with van der Waals surface area (Å²) in [4.78, 5) is 25.3. The molecule has 0 radical (unpaired) electrons. The maximum absolute atomic E-state index is 12.0. The molecule has 0 saturated carbocycles. The molecule has 1 aliphatic heterocycles. The lowest BCUT2D eigenvalue weighted by atomic mass is 10.1. The molecule has 0 unspecified atom stereocenters. The zero-order valence-corrected chi connectivity index (χ0v) is 13.8. The SMILES string of the molecule is CC(C)(C)NC(=O)O[C@H]1CN(C(=O)OC(C)(C)C)CCN1. The fraction of sp³-hybridized carbons (Fsp3) is 0.857. The van der Waals surface area contributed by atoms with Crippen molar-refractivity contribution >= 4 is 12.2 Å². The predicted octanol–water partition coefficient (Wildman–Crippen LogP) is 1.68. The van der Waals surface area contributed by atoms with Gasteiger partial charge in [-0.3, -0.25) is 5.32 Å². The average Bonchev–Trinajstić information content (AvgIpc) is 2.24. The number of nitrogens with one attached hydrogen (secondary N) is 2. The highest BCUT2D eigenvalue weighted by Crippen LogP contribution is 2.12. The molecule has 1 atom stereocenters. The summed E-state index contributed by atoms with van der Waals surface area (Å²) in [6, 6.07) is 0. The molecule has 0 aliphatic carbocycles. The summed E-state index contributed by atoms with van der Waals surface area (Å²) < 4.78 is 10.6. The summed E-state index contributed by atoms with van der Waals surface area (Å²) >= 11 is 0. The molecular formula is C14H27N3O4. The van der Waals surface area contributed by atoms with Crippen molar-refractivity contribution in [2.75, 3.05) is 19.6 Å². The van der Waals surface area contributed by atoms with E-state index < -0.39 is 24.0 Å². The minimum absolute atomic E-state index is 0.270. The zero-order chi connectivity index (χ0) is 16.3. The van der Waals surface area contributed by atoms with Crippen molar-refractivity contribution in [2.24, 2.45) is 0 Å². The van der Waals surface area contributed by atoms with Gasteiger partial charge in [-0.05, 0) is 41.5 Å². The molecule has 1 rings (SSSR count). The number of hydrogen-bond acceptors (Lipinski definition) is 5. The summed E-state index contributed by atoms with van der Waals surface area (Å²) in [5.74, 6) is 0. The third kappa shape index (κ3) is 7.17. The van der Waals surface area contributed by atoms with E-state index in [1.165, 1.54) is 4.90 Å². The predicted molar refractivity (Wildman–Crippen MR) is 79.0 cm³/mol. The first-order chi connectivity index (χ1) is 9.46. The second-order valence-corrected chi connectivity index (χ2v) is 7.15. The van der Waals surface area contributed by atoms with E-state index in [1.54, 1.807) is 0 Å². The molecular weight excluding hydrogens is 274 g/mol. The summed E-state index contributed by atoms with van der Waals surface area (Å²) in [5.41, 5.74) is -0.904. The number of carbonyl (C=O) groups is 2. The molecule has 1 fully saturated rings. The Labute approximate surface area is 126 Å². The maximum Gasteiger partial charge on any atom is 0.410 e.